The quantitative estimate of drug-likeness (QED) is 0.145. The Morgan fingerprint density at radius 1 is 0.244 bits per heavy atom. The van der Waals surface area contributed by atoms with Crippen molar-refractivity contribution in [2.75, 3.05) is 0 Å². The fourth-order valence-electron chi connectivity index (χ4n) is 12.1. The van der Waals surface area contributed by atoms with E-state index in [2.05, 4.69) is 290 Å². The second-order valence-electron chi connectivity index (χ2n) is 21.1. The summed E-state index contributed by atoms with van der Waals surface area (Å²) in [6, 6.07) is 104. The lowest BCUT2D eigenvalue weighted by Crippen LogP contribution is -2.02. The summed E-state index contributed by atoms with van der Waals surface area (Å²) in [7, 11) is 0. The third kappa shape index (κ3) is 8.22. The summed E-state index contributed by atoms with van der Waals surface area (Å²) < 4.78 is 9.07. The van der Waals surface area contributed by atoms with Crippen LogP contribution in [0.2, 0.25) is 0 Å². The maximum atomic E-state index is 6.61. The number of benzene rings is 13. The fourth-order valence-corrected chi connectivity index (χ4v) is 12.1. The van der Waals surface area contributed by atoms with Crippen LogP contribution < -0.4 is 0 Å². The van der Waals surface area contributed by atoms with Crippen LogP contribution in [-0.4, -0.2) is 19.5 Å². The van der Waals surface area contributed by atoms with Gasteiger partial charge in [0.2, 0.25) is 0 Å². The third-order valence-electron chi connectivity index (χ3n) is 16.3. The van der Waals surface area contributed by atoms with Gasteiger partial charge in [-0.3, -0.25) is 0 Å². The molecule has 0 N–H and O–H groups in total. The molecule has 0 saturated heterocycles. The van der Waals surface area contributed by atoms with Crippen LogP contribution >= 0.6 is 0 Å². The highest BCUT2D eigenvalue weighted by Crippen LogP contribution is 2.44. The van der Waals surface area contributed by atoms with Crippen LogP contribution in [0.1, 0.15) is 0 Å². The predicted octanol–water partition coefficient (Wildman–Crippen LogP) is 20.5. The summed E-state index contributed by atoms with van der Waals surface area (Å²) in [6.07, 6.45) is 0. The SMILES string of the molecule is c1ccc(-c2ccc(-c3ccc(-c4nc(-c5ccc(-c6ccc(-c7ccccc7)cc6)cc5)nc(-c5ccc(-n6c7cc8ccccc8cc7c7cc8ccccc8cc76)c(-c6cccc7oc8ccccc8c67)c5)n4)cc3)cc2)cc1. The molecule has 16 rings (SSSR count). The van der Waals surface area contributed by atoms with Gasteiger partial charge >= 0.3 is 0 Å². The van der Waals surface area contributed by atoms with E-state index >= 15 is 0 Å². The van der Waals surface area contributed by atoms with Gasteiger partial charge in [-0.05, 0) is 126 Å². The molecule has 0 atom stereocenters. The van der Waals surface area contributed by atoms with E-state index in [1.807, 2.05) is 6.07 Å². The van der Waals surface area contributed by atoms with Crippen molar-refractivity contribution < 1.29 is 4.42 Å². The van der Waals surface area contributed by atoms with Gasteiger partial charge in [-0.15, -0.1) is 0 Å². The minimum Gasteiger partial charge on any atom is -0.456 e. The van der Waals surface area contributed by atoms with Crippen LogP contribution in [0.25, 0.3) is 161 Å². The molecule has 0 aliphatic rings. The molecule has 0 bridgehead atoms. The Bertz CT molecular complexity index is 4870. The largest absolute Gasteiger partial charge is 0.456 e. The van der Waals surface area contributed by atoms with Gasteiger partial charge in [0, 0.05) is 43.8 Å². The summed E-state index contributed by atoms with van der Waals surface area (Å²) in [5, 5.41) is 9.25. The topological polar surface area (TPSA) is 56.7 Å². The van der Waals surface area contributed by atoms with Crippen molar-refractivity contribution in [2.45, 2.75) is 0 Å². The molecule has 0 spiro atoms. The van der Waals surface area contributed by atoms with Gasteiger partial charge in [0.15, 0.2) is 17.5 Å². The Morgan fingerprint density at radius 2 is 0.610 bits per heavy atom. The Balaban J connectivity index is 0.882. The zero-order valence-electron chi connectivity index (χ0n) is 44.4. The van der Waals surface area contributed by atoms with Crippen molar-refractivity contribution in [3.63, 3.8) is 0 Å². The number of nitrogens with zero attached hydrogens (tertiary/aromatic N) is 4. The van der Waals surface area contributed by atoms with Crippen molar-refractivity contribution in [2.24, 2.45) is 0 Å². The molecule has 16 aromatic rings. The van der Waals surface area contributed by atoms with Crippen LogP contribution in [0.15, 0.2) is 296 Å². The van der Waals surface area contributed by atoms with E-state index in [4.69, 9.17) is 19.4 Å². The van der Waals surface area contributed by atoms with E-state index in [1.165, 1.54) is 54.6 Å². The van der Waals surface area contributed by atoms with Gasteiger partial charge < -0.3 is 8.98 Å². The Hall–Kier alpha value is -11.0. The highest BCUT2D eigenvalue weighted by atomic mass is 16.3. The molecule has 3 heterocycles. The molecule has 5 heteroatoms. The van der Waals surface area contributed by atoms with Crippen molar-refractivity contribution in [1.82, 2.24) is 19.5 Å². The number of aromatic nitrogens is 4. The second-order valence-corrected chi connectivity index (χ2v) is 21.1. The van der Waals surface area contributed by atoms with Gasteiger partial charge in [-0.25, -0.2) is 15.0 Å². The molecular weight excluding hydrogens is 997 g/mol. The molecule has 0 fully saturated rings. The normalized spacial score (nSPS) is 11.7. The first-order valence-corrected chi connectivity index (χ1v) is 27.8. The first kappa shape index (κ1) is 47.0. The lowest BCUT2D eigenvalue weighted by atomic mass is 9.95. The first-order valence-electron chi connectivity index (χ1n) is 27.8. The molecule has 82 heavy (non-hydrogen) atoms. The zero-order chi connectivity index (χ0) is 54.1. The lowest BCUT2D eigenvalue weighted by molar-refractivity contribution is 0.669. The number of hydrogen-bond acceptors (Lipinski definition) is 4. The van der Waals surface area contributed by atoms with Crippen molar-refractivity contribution in [3.05, 3.63) is 291 Å². The minimum atomic E-state index is 0.567. The molecular formula is C77H48N4O. The summed E-state index contributed by atoms with van der Waals surface area (Å²) in [5.74, 6) is 1.74. The average molecular weight is 1050 g/mol. The van der Waals surface area contributed by atoms with Crippen LogP contribution in [0.4, 0.5) is 0 Å². The summed E-state index contributed by atoms with van der Waals surface area (Å²) in [4.78, 5) is 16.1. The lowest BCUT2D eigenvalue weighted by Gasteiger charge is -2.17. The highest BCUT2D eigenvalue weighted by Gasteiger charge is 2.23. The Labute approximate surface area is 473 Å². The van der Waals surface area contributed by atoms with Gasteiger partial charge in [0.25, 0.3) is 0 Å². The smallest absolute Gasteiger partial charge is 0.164 e. The predicted molar refractivity (Wildman–Crippen MR) is 340 cm³/mol. The molecule has 0 aliphatic carbocycles. The maximum absolute atomic E-state index is 6.61. The van der Waals surface area contributed by atoms with Gasteiger partial charge in [-0.2, -0.15) is 0 Å². The number of hydrogen-bond donors (Lipinski definition) is 0. The van der Waals surface area contributed by atoms with E-state index in [1.54, 1.807) is 0 Å². The Morgan fingerprint density at radius 3 is 1.09 bits per heavy atom. The first-order chi connectivity index (χ1) is 40.6. The van der Waals surface area contributed by atoms with Crippen LogP contribution in [-0.2, 0) is 0 Å². The van der Waals surface area contributed by atoms with Crippen LogP contribution in [0.5, 0.6) is 0 Å². The van der Waals surface area contributed by atoms with E-state index in [0.717, 1.165) is 88.7 Å². The molecule has 0 amide bonds. The van der Waals surface area contributed by atoms with E-state index in [9.17, 15) is 0 Å². The molecule has 0 aliphatic heterocycles. The van der Waals surface area contributed by atoms with Gasteiger partial charge in [0.1, 0.15) is 11.2 Å². The van der Waals surface area contributed by atoms with Crippen LogP contribution in [0, 0.1) is 0 Å². The van der Waals surface area contributed by atoms with Crippen molar-refractivity contribution in [1.29, 1.82) is 0 Å². The van der Waals surface area contributed by atoms with Crippen LogP contribution in [0.3, 0.4) is 0 Å². The van der Waals surface area contributed by atoms with Crippen molar-refractivity contribution >= 4 is 65.3 Å². The molecule has 13 aromatic carbocycles. The second kappa shape index (κ2) is 19.4. The number of furan rings is 1. The molecule has 0 unspecified atom stereocenters. The van der Waals surface area contributed by atoms with Gasteiger partial charge in [-0.1, -0.05) is 237 Å². The zero-order valence-corrected chi connectivity index (χ0v) is 44.4. The maximum Gasteiger partial charge on any atom is 0.164 e. The summed E-state index contributed by atoms with van der Waals surface area (Å²) in [6.45, 7) is 0. The average Bonchev–Trinajstić information content (AvgIpc) is 3.96. The summed E-state index contributed by atoms with van der Waals surface area (Å²) >= 11 is 0. The highest BCUT2D eigenvalue weighted by molar-refractivity contribution is 6.18. The standard InChI is InChI=1S/C77H48N4O/c1-3-14-49(15-4-1)51-26-30-53(31-27-51)55-34-38-57(39-35-55)75-78-76(58-40-36-56(37-41-58)54-32-28-52(29-33-54)50-16-5-2-6-17-50)80-77(79-75)63-42-43-69(66(46-63)64-23-13-25-73-74(64)65-22-11-12-24-72(65)82-73)81-70-47-61-20-9-7-18-59(61)44-67(70)68-45-60-19-8-10-21-62(60)48-71(68)81/h1-48H. The summed E-state index contributed by atoms with van der Waals surface area (Å²) in [5.41, 5.74) is 18.9. The number of rotatable bonds is 9. The van der Waals surface area contributed by atoms with E-state index in [0.29, 0.717) is 17.5 Å². The van der Waals surface area contributed by atoms with E-state index in [-0.39, 0.29) is 0 Å². The number of fused-ring (bicyclic) bond motifs is 8. The number of para-hydroxylation sites is 1. The molecule has 3 aromatic heterocycles. The van der Waals surface area contributed by atoms with E-state index < -0.39 is 0 Å². The fraction of sp³-hybridized carbons (Fsp3) is 0. The monoisotopic (exact) mass is 1040 g/mol. The Kier molecular flexibility index (Phi) is 11.1. The molecule has 5 nitrogen and oxygen atoms in total. The minimum absolute atomic E-state index is 0.567. The van der Waals surface area contributed by atoms with Crippen molar-refractivity contribution in [3.8, 4) is 95.5 Å². The molecule has 0 radical (unpaired) electrons. The van der Waals surface area contributed by atoms with Gasteiger partial charge in [0.05, 0.1) is 16.7 Å². The third-order valence-corrected chi connectivity index (χ3v) is 16.3. The molecule has 0 saturated carbocycles. The molecule has 382 valence electrons.